The number of rotatable bonds is 3. The van der Waals surface area contributed by atoms with E-state index in [1.807, 2.05) is 0 Å². The molecule has 13 heavy (non-hydrogen) atoms. The molecule has 0 aliphatic carbocycles. The molecule has 2 N–H and O–H groups in total. The van der Waals surface area contributed by atoms with Crippen LogP contribution in [0.5, 0.6) is 11.5 Å². The minimum atomic E-state index is -0.532. The number of carbonyl (C=O) groups excluding carboxylic acids is 1. The Morgan fingerprint density at radius 3 is 2.46 bits per heavy atom. The van der Waals surface area contributed by atoms with Crippen LogP contribution < -0.4 is 15.2 Å². The molecule has 0 fully saturated rings. The number of carbonyl (C=O) groups is 1. The van der Waals surface area contributed by atoms with Crippen molar-refractivity contribution in [2.75, 3.05) is 14.2 Å². The van der Waals surface area contributed by atoms with Gasteiger partial charge in [0.2, 0.25) is 0 Å². The zero-order chi connectivity index (χ0) is 9.84. The summed E-state index contributed by atoms with van der Waals surface area (Å²) in [5.74, 6) is 0.499. The molecule has 4 heteroatoms. The van der Waals surface area contributed by atoms with Gasteiger partial charge in [-0.2, -0.15) is 0 Å². The molecule has 0 bridgehead atoms. The maximum absolute atomic E-state index is 10.9. The molecule has 0 aliphatic heterocycles. The van der Waals surface area contributed by atoms with Gasteiger partial charge >= 0.3 is 0 Å². The van der Waals surface area contributed by atoms with Crippen molar-refractivity contribution in [2.45, 2.75) is 0 Å². The molecule has 0 saturated carbocycles. The molecule has 4 nitrogen and oxygen atoms in total. The van der Waals surface area contributed by atoms with Gasteiger partial charge < -0.3 is 15.2 Å². The van der Waals surface area contributed by atoms with Crippen molar-refractivity contribution < 1.29 is 14.3 Å². The van der Waals surface area contributed by atoms with Crippen LogP contribution in [0.1, 0.15) is 10.4 Å². The van der Waals surface area contributed by atoms with Crippen LogP contribution in [0.25, 0.3) is 0 Å². The summed E-state index contributed by atoms with van der Waals surface area (Å²) in [5, 5.41) is 0. The van der Waals surface area contributed by atoms with Crippen molar-refractivity contribution in [3.8, 4) is 11.5 Å². The van der Waals surface area contributed by atoms with Crippen molar-refractivity contribution in [3.05, 3.63) is 23.8 Å². The SMILES string of the molecule is COc1ccc(OC)c(C(N)=O)c1. The first-order chi connectivity index (χ1) is 6.19. The fourth-order valence-corrected chi connectivity index (χ4v) is 1.01. The van der Waals surface area contributed by atoms with Crippen molar-refractivity contribution in [1.29, 1.82) is 0 Å². The molecule has 0 aliphatic rings. The molecule has 1 rings (SSSR count). The van der Waals surface area contributed by atoms with E-state index in [0.29, 0.717) is 17.1 Å². The molecule has 70 valence electrons. The lowest BCUT2D eigenvalue weighted by Crippen LogP contribution is -2.12. The molecule has 0 saturated heterocycles. The van der Waals surface area contributed by atoms with Crippen LogP contribution >= 0.6 is 0 Å². The van der Waals surface area contributed by atoms with Crippen LogP contribution in [-0.4, -0.2) is 20.1 Å². The van der Waals surface area contributed by atoms with Crippen molar-refractivity contribution in [1.82, 2.24) is 0 Å². The number of hydrogen-bond donors (Lipinski definition) is 1. The number of amides is 1. The molecule has 0 aromatic heterocycles. The Hall–Kier alpha value is -1.71. The number of primary amides is 1. The Balaban J connectivity index is 3.18. The van der Waals surface area contributed by atoms with Gasteiger partial charge in [0.1, 0.15) is 11.5 Å². The van der Waals surface area contributed by atoms with Gasteiger partial charge in [-0.3, -0.25) is 4.79 Å². The predicted octanol–water partition coefficient (Wildman–Crippen LogP) is 0.803. The van der Waals surface area contributed by atoms with Crippen molar-refractivity contribution in [3.63, 3.8) is 0 Å². The van der Waals surface area contributed by atoms with E-state index in [1.165, 1.54) is 14.2 Å². The molecule has 0 atom stereocenters. The van der Waals surface area contributed by atoms with E-state index in [0.717, 1.165) is 0 Å². The highest BCUT2D eigenvalue weighted by atomic mass is 16.5. The Bertz CT molecular complexity index is 323. The normalized spacial score (nSPS) is 9.38. The van der Waals surface area contributed by atoms with Gasteiger partial charge in [0.25, 0.3) is 5.91 Å². The van der Waals surface area contributed by atoms with Crippen LogP contribution in [0.15, 0.2) is 18.2 Å². The lowest BCUT2D eigenvalue weighted by molar-refractivity contribution is 0.0997. The van der Waals surface area contributed by atoms with E-state index in [9.17, 15) is 4.79 Å². The molecule has 0 radical (unpaired) electrons. The first kappa shape index (κ1) is 9.38. The third-order valence-corrected chi connectivity index (χ3v) is 1.67. The van der Waals surface area contributed by atoms with Gasteiger partial charge in [-0.15, -0.1) is 0 Å². The molecular weight excluding hydrogens is 170 g/mol. The first-order valence-corrected chi connectivity index (χ1v) is 3.71. The van der Waals surface area contributed by atoms with Gasteiger partial charge in [-0.05, 0) is 18.2 Å². The van der Waals surface area contributed by atoms with Crippen LogP contribution in [0, 0.1) is 0 Å². The minimum Gasteiger partial charge on any atom is -0.497 e. The van der Waals surface area contributed by atoms with Crippen molar-refractivity contribution in [2.24, 2.45) is 5.73 Å². The summed E-state index contributed by atoms with van der Waals surface area (Å²) in [4.78, 5) is 10.9. The average Bonchev–Trinajstić information content (AvgIpc) is 2.16. The highest BCUT2D eigenvalue weighted by molar-refractivity contribution is 5.96. The summed E-state index contributed by atoms with van der Waals surface area (Å²) in [6.07, 6.45) is 0. The summed E-state index contributed by atoms with van der Waals surface area (Å²) in [6.45, 7) is 0. The van der Waals surface area contributed by atoms with E-state index < -0.39 is 5.91 Å². The second kappa shape index (κ2) is 3.80. The highest BCUT2D eigenvalue weighted by Crippen LogP contribution is 2.22. The van der Waals surface area contributed by atoms with E-state index in [2.05, 4.69) is 0 Å². The highest BCUT2D eigenvalue weighted by Gasteiger charge is 2.09. The second-order valence-corrected chi connectivity index (χ2v) is 2.43. The van der Waals surface area contributed by atoms with Crippen LogP contribution in [0.2, 0.25) is 0 Å². The largest absolute Gasteiger partial charge is 0.497 e. The topological polar surface area (TPSA) is 61.6 Å². The zero-order valence-electron chi connectivity index (χ0n) is 7.53. The fraction of sp³-hybridized carbons (Fsp3) is 0.222. The van der Waals surface area contributed by atoms with Crippen LogP contribution in [0.3, 0.4) is 0 Å². The summed E-state index contributed by atoms with van der Waals surface area (Å²) in [7, 11) is 3.00. The molecule has 1 aromatic rings. The maximum Gasteiger partial charge on any atom is 0.252 e. The Labute approximate surface area is 76.3 Å². The summed E-state index contributed by atoms with van der Waals surface area (Å²) in [5.41, 5.74) is 5.46. The van der Waals surface area contributed by atoms with Gasteiger partial charge in [0, 0.05) is 0 Å². The second-order valence-electron chi connectivity index (χ2n) is 2.43. The Kier molecular flexibility index (Phi) is 2.74. The average molecular weight is 181 g/mol. The Morgan fingerprint density at radius 2 is 2.00 bits per heavy atom. The smallest absolute Gasteiger partial charge is 0.252 e. The van der Waals surface area contributed by atoms with E-state index in [1.54, 1.807) is 18.2 Å². The summed E-state index contributed by atoms with van der Waals surface area (Å²) >= 11 is 0. The monoisotopic (exact) mass is 181 g/mol. The standard InChI is InChI=1S/C9H11NO3/c1-12-6-3-4-8(13-2)7(5-6)9(10)11/h3-5H,1-2H3,(H2,10,11). The number of hydrogen-bond acceptors (Lipinski definition) is 3. The minimum absolute atomic E-state index is 0.321. The van der Waals surface area contributed by atoms with Crippen LogP contribution in [-0.2, 0) is 0 Å². The molecule has 0 unspecified atom stereocenters. The van der Waals surface area contributed by atoms with Crippen molar-refractivity contribution >= 4 is 5.91 Å². The van der Waals surface area contributed by atoms with Gasteiger partial charge in [-0.25, -0.2) is 0 Å². The number of nitrogens with two attached hydrogens (primary N) is 1. The van der Waals surface area contributed by atoms with Gasteiger partial charge in [0.15, 0.2) is 0 Å². The third-order valence-electron chi connectivity index (χ3n) is 1.67. The molecule has 0 spiro atoms. The fourth-order valence-electron chi connectivity index (χ4n) is 1.01. The number of benzene rings is 1. The molecule has 1 aromatic carbocycles. The predicted molar refractivity (Wildman–Crippen MR) is 48.1 cm³/mol. The number of ether oxygens (including phenoxy) is 2. The number of methoxy groups -OCH3 is 2. The van der Waals surface area contributed by atoms with Crippen LogP contribution in [0.4, 0.5) is 0 Å². The van der Waals surface area contributed by atoms with E-state index in [4.69, 9.17) is 15.2 Å². The lowest BCUT2D eigenvalue weighted by atomic mass is 10.2. The quantitative estimate of drug-likeness (QED) is 0.750. The summed E-state index contributed by atoms with van der Waals surface area (Å²) in [6, 6.07) is 4.88. The van der Waals surface area contributed by atoms with E-state index in [-0.39, 0.29) is 0 Å². The lowest BCUT2D eigenvalue weighted by Gasteiger charge is -2.06. The zero-order valence-corrected chi connectivity index (χ0v) is 7.53. The molecule has 0 heterocycles. The van der Waals surface area contributed by atoms with Gasteiger partial charge in [0.05, 0.1) is 19.8 Å². The molecule has 1 amide bonds. The van der Waals surface area contributed by atoms with Gasteiger partial charge in [-0.1, -0.05) is 0 Å². The Morgan fingerprint density at radius 1 is 1.31 bits per heavy atom. The summed E-state index contributed by atoms with van der Waals surface area (Å²) < 4.78 is 9.89. The van der Waals surface area contributed by atoms with E-state index >= 15 is 0 Å². The maximum atomic E-state index is 10.9. The first-order valence-electron chi connectivity index (χ1n) is 3.71. The molecular formula is C9H11NO3. The third kappa shape index (κ3) is 1.90.